The van der Waals surface area contributed by atoms with Gasteiger partial charge in [0.2, 0.25) is 0 Å². The number of hydrogen-bond acceptors (Lipinski definition) is 3. The summed E-state index contributed by atoms with van der Waals surface area (Å²) in [6.07, 6.45) is 1.97. The molecule has 0 atom stereocenters. The number of benzene rings is 10. The van der Waals surface area contributed by atoms with E-state index in [0.29, 0.717) is 5.82 Å². The zero-order chi connectivity index (χ0) is 43.8. The largest absolute Gasteiger partial charge is 0.256 e. The Morgan fingerprint density at radius 3 is 1.23 bits per heavy atom. The van der Waals surface area contributed by atoms with Gasteiger partial charge < -0.3 is 0 Å². The smallest absolute Gasteiger partial charge is 0.161 e. The molecule has 0 saturated carbocycles. The van der Waals surface area contributed by atoms with E-state index in [9.17, 15) is 0 Å². The molecule has 0 spiro atoms. The molecule has 66 heavy (non-hydrogen) atoms. The molecule has 0 unspecified atom stereocenters. The van der Waals surface area contributed by atoms with Gasteiger partial charge in [-0.15, -0.1) is 0 Å². The van der Waals surface area contributed by atoms with E-state index in [1.54, 1.807) is 0 Å². The number of aromatic nitrogens is 3. The highest BCUT2D eigenvalue weighted by atomic mass is 14.9. The first kappa shape index (κ1) is 38.9. The predicted molar refractivity (Wildman–Crippen MR) is 276 cm³/mol. The van der Waals surface area contributed by atoms with Gasteiger partial charge in [-0.05, 0) is 78.3 Å². The minimum Gasteiger partial charge on any atom is -0.256 e. The first-order valence-electron chi connectivity index (χ1n) is 22.4. The summed E-state index contributed by atoms with van der Waals surface area (Å²) in [6, 6.07) is 86.2. The van der Waals surface area contributed by atoms with Crippen LogP contribution < -0.4 is 0 Å². The predicted octanol–water partition coefficient (Wildman–Crippen LogP) is 16.7. The van der Waals surface area contributed by atoms with Crippen LogP contribution in [0.1, 0.15) is 0 Å². The Hall–Kier alpha value is -8.79. The van der Waals surface area contributed by atoms with Crippen molar-refractivity contribution in [3.05, 3.63) is 249 Å². The van der Waals surface area contributed by atoms with Gasteiger partial charge in [0, 0.05) is 45.1 Å². The molecule has 0 amide bonds. The second-order valence-corrected chi connectivity index (χ2v) is 16.6. The quantitative estimate of drug-likeness (QED) is 0.143. The van der Waals surface area contributed by atoms with Crippen LogP contribution in [0.15, 0.2) is 249 Å². The highest BCUT2D eigenvalue weighted by molar-refractivity contribution is 6.30. The van der Waals surface area contributed by atoms with Gasteiger partial charge in [-0.3, -0.25) is 4.98 Å². The third-order valence-electron chi connectivity index (χ3n) is 12.8. The average Bonchev–Trinajstić information content (AvgIpc) is 3.41. The van der Waals surface area contributed by atoms with Crippen molar-refractivity contribution >= 4 is 32.3 Å². The van der Waals surface area contributed by atoms with Crippen molar-refractivity contribution in [2.75, 3.05) is 0 Å². The zero-order valence-corrected chi connectivity index (χ0v) is 36.0. The fourth-order valence-electron chi connectivity index (χ4n) is 9.82. The van der Waals surface area contributed by atoms with Gasteiger partial charge in [-0.25, -0.2) is 9.97 Å². The van der Waals surface area contributed by atoms with Crippen molar-refractivity contribution in [3.63, 3.8) is 0 Å². The summed E-state index contributed by atoms with van der Waals surface area (Å²) in [6.45, 7) is 0. The summed E-state index contributed by atoms with van der Waals surface area (Å²) >= 11 is 0. The van der Waals surface area contributed by atoms with E-state index in [2.05, 4.69) is 231 Å². The lowest BCUT2D eigenvalue weighted by molar-refractivity contribution is 1.18. The molecule has 12 aromatic rings. The van der Waals surface area contributed by atoms with Crippen molar-refractivity contribution in [1.82, 2.24) is 15.0 Å². The van der Waals surface area contributed by atoms with Crippen LogP contribution >= 0.6 is 0 Å². The van der Waals surface area contributed by atoms with Crippen LogP contribution in [0.25, 0.3) is 122 Å². The van der Waals surface area contributed by atoms with Gasteiger partial charge in [-0.1, -0.05) is 224 Å². The highest BCUT2D eigenvalue weighted by Crippen LogP contribution is 2.52. The van der Waals surface area contributed by atoms with Gasteiger partial charge in [-0.2, -0.15) is 0 Å². The van der Waals surface area contributed by atoms with Gasteiger partial charge in [0.1, 0.15) is 0 Å². The number of nitrogens with zero attached hydrogens (tertiary/aromatic N) is 3. The second kappa shape index (κ2) is 16.7. The van der Waals surface area contributed by atoms with Crippen LogP contribution in [0.3, 0.4) is 0 Å². The molecular weight excluding hydrogens is 799 g/mol. The van der Waals surface area contributed by atoms with Crippen molar-refractivity contribution in [3.8, 4) is 89.7 Å². The van der Waals surface area contributed by atoms with Crippen molar-refractivity contribution in [2.24, 2.45) is 0 Å². The summed E-state index contributed by atoms with van der Waals surface area (Å²) in [5, 5.41) is 7.06. The first-order chi connectivity index (χ1) is 32.8. The molecule has 0 fully saturated rings. The normalized spacial score (nSPS) is 11.3. The molecule has 2 aromatic heterocycles. The maximum Gasteiger partial charge on any atom is 0.161 e. The number of rotatable bonds is 8. The third kappa shape index (κ3) is 6.82. The van der Waals surface area contributed by atoms with Gasteiger partial charge in [0.15, 0.2) is 5.82 Å². The Bertz CT molecular complexity index is 3630. The van der Waals surface area contributed by atoms with E-state index < -0.39 is 0 Å². The Morgan fingerprint density at radius 1 is 0.258 bits per heavy atom. The molecule has 0 aliphatic rings. The minimum absolute atomic E-state index is 0.646. The van der Waals surface area contributed by atoms with Crippen molar-refractivity contribution in [2.45, 2.75) is 0 Å². The van der Waals surface area contributed by atoms with E-state index in [4.69, 9.17) is 15.0 Å². The highest BCUT2D eigenvalue weighted by Gasteiger charge is 2.27. The van der Waals surface area contributed by atoms with Crippen LogP contribution in [0.2, 0.25) is 0 Å². The SMILES string of the molecule is c1ccc(-c2cc(-c3ccccc3)nc(-c3ccc4c5ccccc5c5ccccc5c4c3-c3c(-c4ccccc4)cccc3-c3nccc(-c4ccccc4)c3-c3ccccc3)n2)cc1. The molecule has 2 heterocycles. The minimum atomic E-state index is 0.646. The van der Waals surface area contributed by atoms with Crippen LogP contribution in [-0.4, -0.2) is 15.0 Å². The second-order valence-electron chi connectivity index (χ2n) is 16.6. The molecule has 10 aromatic carbocycles. The molecule has 0 saturated heterocycles. The van der Waals surface area contributed by atoms with E-state index in [1.807, 2.05) is 18.3 Å². The lowest BCUT2D eigenvalue weighted by Crippen LogP contribution is -2.01. The fourth-order valence-corrected chi connectivity index (χ4v) is 9.82. The van der Waals surface area contributed by atoms with Crippen molar-refractivity contribution in [1.29, 1.82) is 0 Å². The number of hydrogen-bond donors (Lipinski definition) is 0. The van der Waals surface area contributed by atoms with Crippen molar-refractivity contribution < 1.29 is 0 Å². The lowest BCUT2D eigenvalue weighted by Gasteiger charge is -2.24. The topological polar surface area (TPSA) is 38.7 Å². The Morgan fingerprint density at radius 2 is 0.682 bits per heavy atom. The maximum atomic E-state index is 5.53. The van der Waals surface area contributed by atoms with E-state index >= 15 is 0 Å². The summed E-state index contributed by atoms with van der Waals surface area (Å²) in [5.74, 6) is 0.646. The molecule has 12 rings (SSSR count). The summed E-state index contributed by atoms with van der Waals surface area (Å²) < 4.78 is 0. The standard InChI is InChI=1S/C63H41N3/c1-6-21-42(22-7-1)47-35-20-36-54(62-58(46-29-14-5-15-30-46)48(39-40-64-62)43-23-8-2-9-24-43)59(47)61-55(38-37-53-51-33-17-16-31-49(51)50-32-18-19-34-52(50)60(53)61)63-65-56(44-25-10-3-11-26-44)41-57(66-63)45-27-12-4-13-28-45/h1-41H. The number of fused-ring (bicyclic) bond motifs is 6. The molecule has 0 bridgehead atoms. The summed E-state index contributed by atoms with van der Waals surface area (Å²) in [7, 11) is 0. The maximum absolute atomic E-state index is 5.53. The molecule has 0 N–H and O–H groups in total. The van der Waals surface area contributed by atoms with Crippen LogP contribution in [0.5, 0.6) is 0 Å². The monoisotopic (exact) mass is 839 g/mol. The first-order valence-corrected chi connectivity index (χ1v) is 22.4. The van der Waals surface area contributed by atoms with E-state index in [-0.39, 0.29) is 0 Å². The lowest BCUT2D eigenvalue weighted by atomic mass is 9.80. The van der Waals surface area contributed by atoms with Crippen LogP contribution in [-0.2, 0) is 0 Å². The Labute approximate surface area is 384 Å². The van der Waals surface area contributed by atoms with E-state index in [1.165, 1.54) is 16.2 Å². The Balaban J connectivity index is 1.29. The molecule has 3 nitrogen and oxygen atoms in total. The molecule has 0 radical (unpaired) electrons. The van der Waals surface area contributed by atoms with Crippen LogP contribution in [0.4, 0.5) is 0 Å². The summed E-state index contributed by atoms with van der Waals surface area (Å²) in [5.41, 5.74) is 15.3. The van der Waals surface area contributed by atoms with Gasteiger partial charge in [0.05, 0.1) is 17.1 Å². The Kier molecular flexibility index (Phi) is 9.85. The zero-order valence-electron chi connectivity index (χ0n) is 36.0. The fraction of sp³-hybridized carbons (Fsp3) is 0. The molecule has 308 valence electrons. The number of pyridine rings is 1. The van der Waals surface area contributed by atoms with E-state index in [0.717, 1.165) is 100 Å². The molecule has 0 aliphatic heterocycles. The third-order valence-corrected chi connectivity index (χ3v) is 12.8. The molecular formula is C63H41N3. The van der Waals surface area contributed by atoms with Crippen LogP contribution in [0, 0.1) is 0 Å². The average molecular weight is 840 g/mol. The van der Waals surface area contributed by atoms with Gasteiger partial charge in [0.25, 0.3) is 0 Å². The molecule has 3 heteroatoms. The summed E-state index contributed by atoms with van der Waals surface area (Å²) in [4.78, 5) is 16.5. The molecule has 0 aliphatic carbocycles. The van der Waals surface area contributed by atoms with Gasteiger partial charge >= 0.3 is 0 Å².